The molecule has 1 atom stereocenters. The second kappa shape index (κ2) is 6.33. The highest BCUT2D eigenvalue weighted by Gasteiger charge is 2.10. The SMILES string of the molecule is Cc1cc(C(C)NCc2ccc(CO)cc2)c(C)s1. The molecule has 2 aromatic rings. The number of aliphatic hydroxyl groups excluding tert-OH is 1. The zero-order chi connectivity index (χ0) is 13.8. The van der Waals surface area contributed by atoms with Gasteiger partial charge in [-0.3, -0.25) is 0 Å². The first-order chi connectivity index (χ1) is 9.10. The lowest BCUT2D eigenvalue weighted by Crippen LogP contribution is -2.18. The van der Waals surface area contributed by atoms with E-state index in [1.165, 1.54) is 20.9 Å². The van der Waals surface area contributed by atoms with E-state index in [4.69, 9.17) is 5.11 Å². The summed E-state index contributed by atoms with van der Waals surface area (Å²) in [4.78, 5) is 2.77. The van der Waals surface area contributed by atoms with Crippen molar-refractivity contribution in [1.82, 2.24) is 5.32 Å². The van der Waals surface area contributed by atoms with Gasteiger partial charge < -0.3 is 10.4 Å². The van der Waals surface area contributed by atoms with Crippen molar-refractivity contribution in [1.29, 1.82) is 0 Å². The van der Waals surface area contributed by atoms with E-state index in [0.717, 1.165) is 12.1 Å². The van der Waals surface area contributed by atoms with Crippen molar-refractivity contribution in [3.05, 3.63) is 56.8 Å². The van der Waals surface area contributed by atoms with Crippen LogP contribution in [0.5, 0.6) is 0 Å². The average molecular weight is 275 g/mol. The monoisotopic (exact) mass is 275 g/mol. The maximum atomic E-state index is 9.01. The van der Waals surface area contributed by atoms with Gasteiger partial charge >= 0.3 is 0 Å². The minimum atomic E-state index is 0.109. The second-order valence-electron chi connectivity index (χ2n) is 4.95. The van der Waals surface area contributed by atoms with Crippen LogP contribution < -0.4 is 5.32 Å². The quantitative estimate of drug-likeness (QED) is 0.872. The Kier molecular flexibility index (Phi) is 4.75. The highest BCUT2D eigenvalue weighted by Crippen LogP contribution is 2.26. The first-order valence-electron chi connectivity index (χ1n) is 6.59. The molecule has 2 nitrogen and oxygen atoms in total. The van der Waals surface area contributed by atoms with Gasteiger partial charge in [-0.25, -0.2) is 0 Å². The summed E-state index contributed by atoms with van der Waals surface area (Å²) in [6.45, 7) is 7.50. The van der Waals surface area contributed by atoms with Crippen LogP contribution in [0.25, 0.3) is 0 Å². The number of aryl methyl sites for hydroxylation is 2. The normalized spacial score (nSPS) is 12.6. The predicted molar refractivity (Wildman–Crippen MR) is 81.4 cm³/mol. The Morgan fingerprint density at radius 3 is 2.32 bits per heavy atom. The van der Waals surface area contributed by atoms with Gasteiger partial charge in [-0.2, -0.15) is 0 Å². The van der Waals surface area contributed by atoms with Gasteiger partial charge in [-0.1, -0.05) is 24.3 Å². The van der Waals surface area contributed by atoms with Gasteiger partial charge in [0.1, 0.15) is 0 Å². The smallest absolute Gasteiger partial charge is 0.0681 e. The molecule has 0 saturated heterocycles. The lowest BCUT2D eigenvalue weighted by Gasteiger charge is -2.14. The lowest BCUT2D eigenvalue weighted by molar-refractivity contribution is 0.282. The van der Waals surface area contributed by atoms with E-state index in [0.29, 0.717) is 6.04 Å². The van der Waals surface area contributed by atoms with E-state index < -0.39 is 0 Å². The molecule has 2 N–H and O–H groups in total. The van der Waals surface area contributed by atoms with Crippen LogP contribution in [0.15, 0.2) is 30.3 Å². The van der Waals surface area contributed by atoms with Gasteiger partial charge in [-0.15, -0.1) is 11.3 Å². The highest BCUT2D eigenvalue weighted by molar-refractivity contribution is 7.12. The van der Waals surface area contributed by atoms with Gasteiger partial charge in [0.2, 0.25) is 0 Å². The van der Waals surface area contributed by atoms with Crippen molar-refractivity contribution in [3.8, 4) is 0 Å². The molecule has 1 heterocycles. The molecule has 2 rings (SSSR count). The van der Waals surface area contributed by atoms with Crippen LogP contribution >= 0.6 is 11.3 Å². The van der Waals surface area contributed by atoms with E-state index in [2.05, 4.69) is 44.3 Å². The number of hydrogen-bond acceptors (Lipinski definition) is 3. The molecule has 0 fully saturated rings. The van der Waals surface area contributed by atoms with Crippen molar-refractivity contribution in [2.75, 3.05) is 0 Å². The summed E-state index contributed by atoms with van der Waals surface area (Å²) < 4.78 is 0. The topological polar surface area (TPSA) is 32.3 Å². The molecule has 0 aliphatic carbocycles. The fourth-order valence-corrected chi connectivity index (χ4v) is 3.25. The molecular formula is C16H21NOS. The molecule has 19 heavy (non-hydrogen) atoms. The Morgan fingerprint density at radius 1 is 1.16 bits per heavy atom. The second-order valence-corrected chi connectivity index (χ2v) is 6.41. The first kappa shape index (κ1) is 14.3. The average Bonchev–Trinajstić information content (AvgIpc) is 2.75. The molecule has 0 saturated carbocycles. The minimum absolute atomic E-state index is 0.109. The zero-order valence-corrected chi connectivity index (χ0v) is 12.6. The summed E-state index contributed by atoms with van der Waals surface area (Å²) in [5.41, 5.74) is 3.60. The Labute approximate surface area is 119 Å². The van der Waals surface area contributed by atoms with Crippen LogP contribution in [0, 0.1) is 13.8 Å². The Hall–Kier alpha value is -1.16. The molecular weight excluding hydrogens is 254 g/mol. The van der Waals surface area contributed by atoms with Gasteiger partial charge in [0, 0.05) is 22.3 Å². The predicted octanol–water partition coefficient (Wildman–Crippen LogP) is 3.71. The number of rotatable bonds is 5. The van der Waals surface area contributed by atoms with E-state index >= 15 is 0 Å². The van der Waals surface area contributed by atoms with Gasteiger partial charge in [-0.05, 0) is 43.5 Å². The van der Waals surface area contributed by atoms with Crippen molar-refractivity contribution in [3.63, 3.8) is 0 Å². The van der Waals surface area contributed by atoms with Crippen LogP contribution in [0.4, 0.5) is 0 Å². The van der Waals surface area contributed by atoms with Crippen molar-refractivity contribution < 1.29 is 5.11 Å². The highest BCUT2D eigenvalue weighted by atomic mass is 32.1. The summed E-state index contributed by atoms with van der Waals surface area (Å²) in [5.74, 6) is 0. The minimum Gasteiger partial charge on any atom is -0.392 e. The molecule has 0 amide bonds. The van der Waals surface area contributed by atoms with Crippen molar-refractivity contribution in [2.24, 2.45) is 0 Å². The number of nitrogens with one attached hydrogen (secondary N) is 1. The summed E-state index contributed by atoms with van der Waals surface area (Å²) in [7, 11) is 0. The van der Waals surface area contributed by atoms with Crippen molar-refractivity contribution >= 4 is 11.3 Å². The Morgan fingerprint density at radius 2 is 1.79 bits per heavy atom. The van der Waals surface area contributed by atoms with E-state index in [9.17, 15) is 0 Å². The molecule has 1 aromatic carbocycles. The van der Waals surface area contributed by atoms with Crippen LogP contribution in [0.3, 0.4) is 0 Å². The lowest BCUT2D eigenvalue weighted by atomic mass is 10.1. The van der Waals surface area contributed by atoms with E-state index in [-0.39, 0.29) is 6.61 Å². The zero-order valence-electron chi connectivity index (χ0n) is 11.7. The Balaban J connectivity index is 1.96. The molecule has 0 radical (unpaired) electrons. The third-order valence-corrected chi connectivity index (χ3v) is 4.35. The molecule has 0 spiro atoms. The first-order valence-corrected chi connectivity index (χ1v) is 7.41. The fourth-order valence-electron chi connectivity index (χ4n) is 2.22. The molecule has 1 unspecified atom stereocenters. The summed E-state index contributed by atoms with van der Waals surface area (Å²) in [6, 6.07) is 10.7. The number of benzene rings is 1. The number of aliphatic hydroxyl groups is 1. The van der Waals surface area contributed by atoms with Crippen LogP contribution in [0.2, 0.25) is 0 Å². The van der Waals surface area contributed by atoms with Crippen LogP contribution in [0.1, 0.15) is 39.4 Å². The molecule has 0 aliphatic heterocycles. The van der Waals surface area contributed by atoms with Gasteiger partial charge in [0.05, 0.1) is 6.61 Å². The van der Waals surface area contributed by atoms with Crippen LogP contribution in [-0.2, 0) is 13.2 Å². The maximum Gasteiger partial charge on any atom is 0.0681 e. The van der Waals surface area contributed by atoms with E-state index in [1.54, 1.807) is 0 Å². The Bertz CT molecular complexity index is 530. The summed E-state index contributed by atoms with van der Waals surface area (Å²) >= 11 is 1.86. The maximum absolute atomic E-state index is 9.01. The van der Waals surface area contributed by atoms with E-state index in [1.807, 2.05) is 23.5 Å². The van der Waals surface area contributed by atoms with Gasteiger partial charge in [0.15, 0.2) is 0 Å². The molecule has 1 aromatic heterocycles. The number of thiophene rings is 1. The third-order valence-electron chi connectivity index (χ3n) is 3.36. The summed E-state index contributed by atoms with van der Waals surface area (Å²) in [6.07, 6.45) is 0. The van der Waals surface area contributed by atoms with Crippen LogP contribution in [-0.4, -0.2) is 5.11 Å². The molecule has 102 valence electrons. The fraction of sp³-hybridized carbons (Fsp3) is 0.375. The third kappa shape index (κ3) is 3.66. The molecule has 0 bridgehead atoms. The standard InChI is InChI=1S/C16H21NOS/c1-11-8-16(13(3)19-11)12(2)17-9-14-4-6-15(10-18)7-5-14/h4-8,12,17-18H,9-10H2,1-3H3. The summed E-state index contributed by atoms with van der Waals surface area (Å²) in [5, 5.41) is 12.6. The molecule has 3 heteroatoms. The molecule has 0 aliphatic rings. The van der Waals surface area contributed by atoms with Gasteiger partial charge in [0.25, 0.3) is 0 Å². The van der Waals surface area contributed by atoms with Crippen molar-refractivity contribution in [2.45, 2.75) is 40.0 Å². The largest absolute Gasteiger partial charge is 0.392 e. The number of hydrogen-bond donors (Lipinski definition) is 2.